The van der Waals surface area contributed by atoms with Crippen molar-refractivity contribution >= 4 is 29.1 Å². The van der Waals surface area contributed by atoms with Crippen molar-refractivity contribution in [3.05, 3.63) is 65.6 Å². The van der Waals surface area contributed by atoms with Gasteiger partial charge in [-0.05, 0) is 68.9 Å². The van der Waals surface area contributed by atoms with Crippen LogP contribution in [0, 0.1) is 6.92 Å². The summed E-state index contributed by atoms with van der Waals surface area (Å²) in [4.78, 5) is 12.4. The highest BCUT2D eigenvalue weighted by molar-refractivity contribution is 7.97. The zero-order valence-electron chi connectivity index (χ0n) is 17.7. The number of hydrogen-bond donors (Lipinski definition) is 2. The highest BCUT2D eigenvalue weighted by atomic mass is 32.2. The minimum Gasteiger partial charge on any atom is -0.400 e. The molecule has 0 aliphatic heterocycles. The summed E-state index contributed by atoms with van der Waals surface area (Å²) in [5.74, 6) is -0.262. The van der Waals surface area contributed by atoms with Gasteiger partial charge in [0, 0.05) is 46.3 Å². The van der Waals surface area contributed by atoms with E-state index in [4.69, 9.17) is 10.8 Å². The molecule has 0 amide bonds. The van der Waals surface area contributed by atoms with Crippen LogP contribution >= 0.6 is 11.9 Å². The minimum atomic E-state index is -0.262. The van der Waals surface area contributed by atoms with Crippen molar-refractivity contribution in [3.8, 4) is 11.1 Å². The zero-order chi connectivity index (χ0) is 22.3. The Morgan fingerprint density at radius 3 is 2.60 bits per heavy atom. The van der Waals surface area contributed by atoms with Gasteiger partial charge >= 0.3 is 0 Å². The number of benzene rings is 2. The van der Waals surface area contributed by atoms with E-state index in [1.54, 1.807) is 18.0 Å². The monoisotopic (exact) mass is 429 g/mol. The topological polar surface area (TPSA) is 71.5 Å². The van der Waals surface area contributed by atoms with Crippen LogP contribution in [0.15, 0.2) is 59.3 Å². The molecule has 3 rings (SSSR count). The molecule has 7 heteroatoms. The number of fused-ring (bicyclic) bond motifs is 1. The van der Waals surface area contributed by atoms with Gasteiger partial charge in [-0.25, -0.2) is 4.39 Å². The number of aromatic nitrogens is 1. The van der Waals surface area contributed by atoms with E-state index in [0.717, 1.165) is 46.0 Å². The Bertz CT molecular complexity index is 1040. The van der Waals surface area contributed by atoms with E-state index in [1.807, 2.05) is 60.2 Å². The van der Waals surface area contributed by atoms with E-state index in [2.05, 4.69) is 6.07 Å². The summed E-state index contributed by atoms with van der Waals surface area (Å²) < 4.78 is 18.3. The lowest BCUT2D eigenvalue weighted by Gasteiger charge is -2.09. The van der Waals surface area contributed by atoms with Crippen LogP contribution in [0.1, 0.15) is 16.1 Å². The molecule has 0 atom stereocenters. The fraction of sp³-hybridized carbons (Fsp3) is 0.261. The molecule has 0 saturated heterocycles. The average Bonchev–Trinajstić information content (AvgIpc) is 3.00. The van der Waals surface area contributed by atoms with E-state index < -0.39 is 0 Å². The number of nitrogens with zero attached hydrogens (tertiary/aromatic N) is 2. The number of aldehydes is 1. The predicted octanol–water partition coefficient (Wildman–Crippen LogP) is 4.42. The Morgan fingerprint density at radius 1 is 1.23 bits per heavy atom. The number of carbonyl (C=O) groups is 1. The van der Waals surface area contributed by atoms with Crippen LogP contribution in [0.4, 0.5) is 4.39 Å². The number of carbonyl (C=O) groups excluding carboxylic acids is 1. The number of nitrogens with two attached hydrogens (primary N) is 1. The Balaban J connectivity index is 0.00000155. The molecular weight excluding hydrogens is 401 g/mol. The molecule has 3 N–H and O–H groups in total. The van der Waals surface area contributed by atoms with Gasteiger partial charge in [-0.1, -0.05) is 18.2 Å². The molecule has 0 spiro atoms. The molecule has 0 saturated carbocycles. The van der Waals surface area contributed by atoms with Crippen LogP contribution in [-0.4, -0.2) is 48.0 Å². The smallest absolute Gasteiger partial charge is 0.150 e. The first-order valence-corrected chi connectivity index (χ1v) is 10.2. The molecule has 1 heterocycles. The third-order valence-corrected chi connectivity index (χ3v) is 5.37. The molecule has 0 aliphatic carbocycles. The molecular formula is C23H28FN3O2S. The van der Waals surface area contributed by atoms with Gasteiger partial charge < -0.3 is 15.4 Å². The fourth-order valence-corrected chi connectivity index (χ4v) is 4.13. The van der Waals surface area contributed by atoms with Gasteiger partial charge in [0.15, 0.2) is 0 Å². The second-order valence-electron chi connectivity index (χ2n) is 6.76. The van der Waals surface area contributed by atoms with E-state index >= 15 is 0 Å². The molecule has 160 valence electrons. The third kappa shape index (κ3) is 5.37. The van der Waals surface area contributed by atoms with Crippen molar-refractivity contribution in [2.45, 2.75) is 18.4 Å². The van der Waals surface area contributed by atoms with Crippen molar-refractivity contribution in [3.63, 3.8) is 0 Å². The lowest BCUT2D eigenvalue weighted by atomic mass is 10.0. The van der Waals surface area contributed by atoms with E-state index in [1.165, 1.54) is 6.08 Å². The normalized spacial score (nSPS) is 11.5. The summed E-state index contributed by atoms with van der Waals surface area (Å²) in [6.07, 6.45) is 2.24. The summed E-state index contributed by atoms with van der Waals surface area (Å²) in [6.45, 7) is 2.28. The van der Waals surface area contributed by atoms with Gasteiger partial charge in [0.25, 0.3) is 0 Å². The number of rotatable bonds is 7. The first kappa shape index (κ1) is 23.8. The zero-order valence-corrected chi connectivity index (χ0v) is 18.5. The molecule has 5 nitrogen and oxygen atoms in total. The van der Waals surface area contributed by atoms with Crippen molar-refractivity contribution in [2.75, 3.05) is 27.7 Å². The molecule has 0 unspecified atom stereocenters. The highest BCUT2D eigenvalue weighted by Crippen LogP contribution is 2.37. The van der Waals surface area contributed by atoms with Gasteiger partial charge in [0.1, 0.15) is 12.1 Å². The van der Waals surface area contributed by atoms with Gasteiger partial charge in [0.2, 0.25) is 0 Å². The van der Waals surface area contributed by atoms with Crippen LogP contribution in [0.5, 0.6) is 0 Å². The van der Waals surface area contributed by atoms with Crippen molar-refractivity contribution in [2.24, 2.45) is 5.73 Å². The molecule has 0 aliphatic rings. The molecule has 0 bridgehead atoms. The second-order valence-corrected chi connectivity index (χ2v) is 8.14. The van der Waals surface area contributed by atoms with Crippen LogP contribution in [0.3, 0.4) is 0 Å². The van der Waals surface area contributed by atoms with E-state index in [0.29, 0.717) is 5.56 Å². The summed E-state index contributed by atoms with van der Waals surface area (Å²) in [7, 11) is 4.99. The lowest BCUT2D eigenvalue weighted by Crippen LogP contribution is -2.03. The Morgan fingerprint density at radius 2 is 1.97 bits per heavy atom. The first-order valence-electron chi connectivity index (χ1n) is 9.47. The summed E-state index contributed by atoms with van der Waals surface area (Å²) in [5.41, 5.74) is 9.94. The molecule has 1 aromatic heterocycles. The van der Waals surface area contributed by atoms with Crippen LogP contribution in [0.2, 0.25) is 0 Å². The average molecular weight is 430 g/mol. The minimum absolute atomic E-state index is 0.132. The summed E-state index contributed by atoms with van der Waals surface area (Å²) in [5, 5.41) is 8.04. The van der Waals surface area contributed by atoms with Gasteiger partial charge in [-0.3, -0.25) is 9.10 Å². The Kier molecular flexibility index (Phi) is 8.80. The highest BCUT2D eigenvalue weighted by Gasteiger charge is 2.17. The quantitative estimate of drug-likeness (QED) is 0.430. The molecule has 0 radical (unpaired) electrons. The SMILES string of the molecule is CO.Cc1c(-c2cccc(C=O)c2)c2cc(SN(C)C)ccc2n1C/C(F)=C/CN. The molecule has 30 heavy (non-hydrogen) atoms. The number of halogens is 1. The van der Waals surface area contributed by atoms with Crippen LogP contribution in [-0.2, 0) is 6.54 Å². The predicted molar refractivity (Wildman–Crippen MR) is 123 cm³/mol. The van der Waals surface area contributed by atoms with Gasteiger partial charge in [-0.15, -0.1) is 0 Å². The standard InChI is InChI=1S/C22H24FN3OS.CH4O/c1-15-22(17-6-4-5-16(11-17)14-27)20-12-19(28-25(2)3)7-8-21(20)26(15)13-18(23)9-10-24;1-2/h4-9,11-12,14H,10,13,24H2,1-3H3;2H,1H3/b18-9-;. The van der Waals surface area contributed by atoms with Crippen molar-refractivity contribution in [1.82, 2.24) is 8.87 Å². The Hall–Kier alpha value is -2.45. The Labute approximate surface area is 181 Å². The number of allylic oxidation sites excluding steroid dienone is 1. The fourth-order valence-electron chi connectivity index (χ4n) is 3.41. The summed E-state index contributed by atoms with van der Waals surface area (Å²) >= 11 is 1.63. The van der Waals surface area contributed by atoms with Gasteiger partial charge in [0.05, 0.1) is 6.54 Å². The lowest BCUT2D eigenvalue weighted by molar-refractivity contribution is 0.112. The molecule has 2 aromatic carbocycles. The van der Waals surface area contributed by atoms with E-state index in [9.17, 15) is 9.18 Å². The molecule has 0 fully saturated rings. The van der Waals surface area contributed by atoms with Crippen molar-refractivity contribution < 1.29 is 14.3 Å². The second kappa shape index (κ2) is 11.1. The first-order chi connectivity index (χ1) is 14.4. The maximum atomic E-state index is 14.3. The third-order valence-electron chi connectivity index (χ3n) is 4.54. The van der Waals surface area contributed by atoms with Gasteiger partial charge in [-0.2, -0.15) is 0 Å². The summed E-state index contributed by atoms with van der Waals surface area (Å²) in [6, 6.07) is 13.7. The van der Waals surface area contributed by atoms with Crippen molar-refractivity contribution in [1.29, 1.82) is 0 Å². The number of aliphatic hydroxyl groups is 1. The molecule has 3 aromatic rings. The van der Waals surface area contributed by atoms with E-state index in [-0.39, 0.29) is 18.9 Å². The maximum Gasteiger partial charge on any atom is 0.150 e. The number of hydrogen-bond acceptors (Lipinski definition) is 5. The van der Waals surface area contributed by atoms with Crippen LogP contribution < -0.4 is 5.73 Å². The maximum absolute atomic E-state index is 14.3. The largest absolute Gasteiger partial charge is 0.400 e. The number of aliphatic hydroxyl groups excluding tert-OH is 1. The van der Waals surface area contributed by atoms with Crippen LogP contribution in [0.25, 0.3) is 22.0 Å².